The SMILES string of the molecule is CCCCCNC(=O)C1N([C@@H](CO)C(C)C)C(=O)[C@@H]2[C@@H](C(=O)NC)[C@]3(C)OC12CC3C. The number of nitrogens with zero attached hydrogens (tertiary/aromatic N) is 1. The third kappa shape index (κ3) is 3.46. The van der Waals surface area contributed by atoms with Crippen LogP contribution in [-0.2, 0) is 19.1 Å². The zero-order chi connectivity index (χ0) is 23.1. The Balaban J connectivity index is 2.05. The molecule has 3 aliphatic heterocycles. The summed E-state index contributed by atoms with van der Waals surface area (Å²) in [6, 6.07) is -1.37. The second-order valence-electron chi connectivity index (χ2n) is 10.1. The molecule has 31 heavy (non-hydrogen) atoms. The summed E-state index contributed by atoms with van der Waals surface area (Å²) < 4.78 is 6.59. The van der Waals surface area contributed by atoms with Crippen molar-refractivity contribution in [3.63, 3.8) is 0 Å². The fourth-order valence-electron chi connectivity index (χ4n) is 6.19. The Bertz CT molecular complexity index is 728. The van der Waals surface area contributed by atoms with Crippen LogP contribution in [0.3, 0.4) is 0 Å². The number of fused-ring (bicyclic) bond motifs is 1. The smallest absolute Gasteiger partial charge is 0.245 e. The lowest BCUT2D eigenvalue weighted by atomic mass is 9.62. The van der Waals surface area contributed by atoms with Crippen molar-refractivity contribution in [1.82, 2.24) is 15.5 Å². The van der Waals surface area contributed by atoms with Crippen molar-refractivity contribution in [2.45, 2.75) is 83.6 Å². The van der Waals surface area contributed by atoms with E-state index in [9.17, 15) is 19.5 Å². The zero-order valence-electron chi connectivity index (χ0n) is 19.7. The molecule has 0 aromatic carbocycles. The Hall–Kier alpha value is -1.67. The van der Waals surface area contributed by atoms with Gasteiger partial charge >= 0.3 is 0 Å². The first kappa shape index (κ1) is 24.0. The van der Waals surface area contributed by atoms with E-state index in [-0.39, 0.29) is 36.2 Å². The van der Waals surface area contributed by atoms with Gasteiger partial charge in [-0.3, -0.25) is 14.4 Å². The van der Waals surface area contributed by atoms with Crippen molar-refractivity contribution in [3.8, 4) is 0 Å². The van der Waals surface area contributed by atoms with E-state index in [4.69, 9.17) is 4.74 Å². The molecule has 3 N–H and O–H groups in total. The average Bonchev–Trinajstić information content (AvgIpc) is 3.22. The summed E-state index contributed by atoms with van der Waals surface area (Å²) in [5, 5.41) is 15.8. The van der Waals surface area contributed by atoms with Crippen LogP contribution >= 0.6 is 0 Å². The van der Waals surface area contributed by atoms with Crippen LogP contribution in [0.5, 0.6) is 0 Å². The molecule has 7 atom stereocenters. The molecular weight excluding hydrogens is 398 g/mol. The average molecular weight is 438 g/mol. The first-order valence-corrected chi connectivity index (χ1v) is 11.7. The Labute approximate surface area is 185 Å². The van der Waals surface area contributed by atoms with Gasteiger partial charge in [0.05, 0.1) is 30.1 Å². The zero-order valence-corrected chi connectivity index (χ0v) is 19.7. The fraction of sp³-hybridized carbons (Fsp3) is 0.870. The third-order valence-corrected chi connectivity index (χ3v) is 7.92. The highest BCUT2D eigenvalue weighted by Crippen LogP contribution is 2.65. The number of rotatable bonds is 9. The lowest BCUT2D eigenvalue weighted by molar-refractivity contribution is -0.151. The van der Waals surface area contributed by atoms with E-state index in [2.05, 4.69) is 17.6 Å². The van der Waals surface area contributed by atoms with Gasteiger partial charge in [-0.25, -0.2) is 0 Å². The summed E-state index contributed by atoms with van der Waals surface area (Å²) in [5.41, 5.74) is -1.86. The molecule has 3 unspecified atom stereocenters. The molecular formula is C23H39N3O5. The minimum atomic E-state index is -1.06. The standard InChI is InChI=1S/C23H39N3O5/c1-7-8-9-10-25-20(29)18-23-11-14(4)22(5,31-23)16(19(28)24-6)17(23)21(30)26(18)15(12-27)13(2)3/h13-18,27H,7-12H2,1-6H3,(H,24,28)(H,25,29)/t14?,15-,16-,17-,18?,22+,23?/m0/s1. The summed E-state index contributed by atoms with van der Waals surface area (Å²) in [5.74, 6) is -2.17. The number of amides is 3. The quantitative estimate of drug-likeness (QED) is 0.468. The molecule has 1 spiro atoms. The summed E-state index contributed by atoms with van der Waals surface area (Å²) in [4.78, 5) is 41.8. The van der Waals surface area contributed by atoms with Crippen molar-refractivity contribution in [2.75, 3.05) is 20.2 Å². The number of hydrogen-bond donors (Lipinski definition) is 3. The molecule has 3 amide bonds. The molecule has 176 valence electrons. The van der Waals surface area contributed by atoms with Crippen molar-refractivity contribution in [3.05, 3.63) is 0 Å². The van der Waals surface area contributed by atoms with Crippen molar-refractivity contribution in [1.29, 1.82) is 0 Å². The molecule has 0 aromatic rings. The van der Waals surface area contributed by atoms with Crippen molar-refractivity contribution in [2.24, 2.45) is 23.7 Å². The number of carbonyl (C=O) groups excluding carboxylic acids is 3. The van der Waals surface area contributed by atoms with Gasteiger partial charge in [-0.05, 0) is 31.6 Å². The van der Waals surface area contributed by atoms with Crippen molar-refractivity contribution >= 4 is 17.7 Å². The number of aliphatic hydroxyl groups is 1. The van der Waals surface area contributed by atoms with Crippen LogP contribution in [0.4, 0.5) is 0 Å². The summed E-state index contributed by atoms with van der Waals surface area (Å²) in [7, 11) is 1.56. The van der Waals surface area contributed by atoms with Crippen LogP contribution in [0.2, 0.25) is 0 Å². The minimum Gasteiger partial charge on any atom is -0.394 e. The van der Waals surface area contributed by atoms with E-state index < -0.39 is 35.1 Å². The van der Waals surface area contributed by atoms with Crippen LogP contribution in [0.25, 0.3) is 0 Å². The third-order valence-electron chi connectivity index (χ3n) is 7.92. The second kappa shape index (κ2) is 8.70. The summed E-state index contributed by atoms with van der Waals surface area (Å²) in [6.07, 6.45) is 3.45. The Morgan fingerprint density at radius 2 is 1.97 bits per heavy atom. The van der Waals surface area contributed by atoms with Gasteiger partial charge in [0.25, 0.3) is 0 Å². The van der Waals surface area contributed by atoms with Crippen LogP contribution in [0.1, 0.15) is 60.3 Å². The summed E-state index contributed by atoms with van der Waals surface area (Å²) in [6.45, 7) is 10.2. The van der Waals surface area contributed by atoms with Crippen molar-refractivity contribution < 1.29 is 24.2 Å². The van der Waals surface area contributed by atoms with Gasteiger partial charge in [0.2, 0.25) is 17.7 Å². The van der Waals surface area contributed by atoms with Gasteiger partial charge in [-0.15, -0.1) is 0 Å². The molecule has 0 saturated carbocycles. The molecule has 0 aliphatic carbocycles. The van der Waals surface area contributed by atoms with Gasteiger partial charge in [-0.1, -0.05) is 40.5 Å². The maximum atomic E-state index is 13.8. The lowest BCUT2D eigenvalue weighted by Gasteiger charge is -2.38. The molecule has 3 fully saturated rings. The Kier molecular flexibility index (Phi) is 6.73. The number of likely N-dealkylation sites (tertiary alicyclic amines) is 1. The molecule has 3 aliphatic rings. The van der Waals surface area contributed by atoms with Crippen LogP contribution < -0.4 is 10.6 Å². The molecule has 3 saturated heterocycles. The normalized spacial score (nSPS) is 37.3. The molecule has 0 aromatic heterocycles. The second-order valence-corrected chi connectivity index (χ2v) is 10.1. The predicted molar refractivity (Wildman–Crippen MR) is 116 cm³/mol. The first-order valence-electron chi connectivity index (χ1n) is 11.7. The number of hydrogen-bond acceptors (Lipinski definition) is 5. The monoisotopic (exact) mass is 437 g/mol. The van der Waals surface area contributed by atoms with Gasteiger partial charge < -0.3 is 25.4 Å². The molecule has 8 heteroatoms. The number of carbonyl (C=O) groups is 3. The van der Waals surface area contributed by atoms with Gasteiger partial charge in [0.15, 0.2) is 0 Å². The highest BCUT2D eigenvalue weighted by molar-refractivity contribution is 5.99. The maximum absolute atomic E-state index is 13.8. The van der Waals surface area contributed by atoms with Gasteiger partial charge in [0, 0.05) is 13.6 Å². The molecule has 3 rings (SSSR count). The molecule has 3 heterocycles. The van der Waals surface area contributed by atoms with E-state index in [1.807, 2.05) is 27.7 Å². The summed E-state index contributed by atoms with van der Waals surface area (Å²) >= 11 is 0. The Morgan fingerprint density at radius 1 is 1.29 bits per heavy atom. The number of unbranched alkanes of at least 4 members (excludes halogenated alkanes) is 2. The molecule has 0 radical (unpaired) electrons. The highest BCUT2D eigenvalue weighted by atomic mass is 16.5. The minimum absolute atomic E-state index is 0.0146. The first-order chi connectivity index (χ1) is 14.6. The van der Waals surface area contributed by atoms with E-state index in [1.165, 1.54) is 4.90 Å². The molecule has 2 bridgehead atoms. The van der Waals surface area contributed by atoms with Crippen LogP contribution in [0, 0.1) is 23.7 Å². The van der Waals surface area contributed by atoms with Gasteiger partial charge in [-0.2, -0.15) is 0 Å². The topological polar surface area (TPSA) is 108 Å². The van der Waals surface area contributed by atoms with Crippen LogP contribution in [-0.4, -0.2) is 71.2 Å². The number of aliphatic hydroxyl groups excluding tert-OH is 1. The van der Waals surface area contributed by atoms with E-state index in [0.29, 0.717) is 13.0 Å². The van der Waals surface area contributed by atoms with E-state index >= 15 is 0 Å². The number of nitrogens with one attached hydrogen (secondary N) is 2. The van der Waals surface area contributed by atoms with E-state index in [0.717, 1.165) is 19.3 Å². The predicted octanol–water partition coefficient (Wildman–Crippen LogP) is 1.07. The highest BCUT2D eigenvalue weighted by Gasteiger charge is 2.80. The molecule has 8 nitrogen and oxygen atoms in total. The fourth-order valence-corrected chi connectivity index (χ4v) is 6.19. The number of ether oxygens (including phenoxy) is 1. The lowest BCUT2D eigenvalue weighted by Crippen LogP contribution is -2.59. The maximum Gasteiger partial charge on any atom is 0.245 e. The Morgan fingerprint density at radius 3 is 2.52 bits per heavy atom. The van der Waals surface area contributed by atoms with Gasteiger partial charge in [0.1, 0.15) is 11.6 Å². The van der Waals surface area contributed by atoms with E-state index in [1.54, 1.807) is 7.05 Å². The largest absolute Gasteiger partial charge is 0.394 e. The van der Waals surface area contributed by atoms with Crippen LogP contribution in [0.15, 0.2) is 0 Å².